The minimum Gasteiger partial charge on any atom is -0.465 e. The highest BCUT2D eigenvalue weighted by Crippen LogP contribution is 2.17. The second kappa shape index (κ2) is 3.63. The molecule has 0 amide bonds. The normalized spacial score (nSPS) is 9.00. The summed E-state index contributed by atoms with van der Waals surface area (Å²) < 4.78 is 17.3. The lowest BCUT2D eigenvalue weighted by Crippen LogP contribution is -2.03. The molecule has 1 aromatic carbocycles. The summed E-state index contributed by atoms with van der Waals surface area (Å²) in [5.74, 6) is -1.54. The Bertz CT molecular complexity index is 384. The van der Waals surface area contributed by atoms with E-state index in [1.54, 1.807) is 0 Å². The van der Waals surface area contributed by atoms with Gasteiger partial charge in [-0.1, -0.05) is 0 Å². The molecular formula is C8H6FN2O2+. The number of carbonyl (C=O) groups excluding carboxylic acids is 1. The van der Waals surface area contributed by atoms with Gasteiger partial charge in [0.1, 0.15) is 5.82 Å². The molecule has 1 aromatic rings. The second-order valence-corrected chi connectivity index (χ2v) is 2.26. The summed E-state index contributed by atoms with van der Waals surface area (Å²) in [6.07, 6.45) is 0. The summed E-state index contributed by atoms with van der Waals surface area (Å²) in [7, 11) is 1.16. The maximum absolute atomic E-state index is 13.0. The van der Waals surface area contributed by atoms with E-state index in [0.717, 1.165) is 13.2 Å². The molecule has 0 unspecified atom stereocenters. The molecule has 0 aromatic heterocycles. The highest BCUT2D eigenvalue weighted by molar-refractivity contribution is 5.90. The molecular weight excluding hydrogens is 175 g/mol. The standard InChI is InChI=1S/C8H6FN2O2/c1-13-8(12)6-3-2-5(11-10)4-7(6)9/h2-4H,1H3/q+1. The lowest BCUT2D eigenvalue weighted by Gasteiger charge is -1.97. The van der Waals surface area contributed by atoms with Gasteiger partial charge in [-0.15, -0.1) is 0 Å². The Hall–Kier alpha value is -1.96. The molecule has 5 heteroatoms. The van der Waals surface area contributed by atoms with Crippen molar-refractivity contribution in [1.82, 2.24) is 0 Å². The monoisotopic (exact) mass is 181 g/mol. The van der Waals surface area contributed by atoms with Crippen LogP contribution in [0, 0.1) is 11.2 Å². The first-order valence-electron chi connectivity index (χ1n) is 3.42. The van der Waals surface area contributed by atoms with Gasteiger partial charge < -0.3 is 4.74 Å². The van der Waals surface area contributed by atoms with Gasteiger partial charge in [0.2, 0.25) is 5.39 Å². The van der Waals surface area contributed by atoms with Gasteiger partial charge in [0.25, 0.3) is 0 Å². The third kappa shape index (κ3) is 1.79. The average Bonchev–Trinajstić information content (AvgIpc) is 2.16. The Labute approximate surface area is 73.6 Å². The van der Waals surface area contributed by atoms with E-state index >= 15 is 0 Å². The van der Waals surface area contributed by atoms with Crippen molar-refractivity contribution in [3.05, 3.63) is 34.6 Å². The highest BCUT2D eigenvalue weighted by Gasteiger charge is 2.15. The molecule has 0 atom stereocenters. The Morgan fingerprint density at radius 1 is 1.62 bits per heavy atom. The van der Waals surface area contributed by atoms with E-state index in [1.165, 1.54) is 12.1 Å². The summed E-state index contributed by atoms with van der Waals surface area (Å²) in [4.78, 5) is 13.6. The summed E-state index contributed by atoms with van der Waals surface area (Å²) >= 11 is 0. The van der Waals surface area contributed by atoms with Crippen LogP contribution in [0.4, 0.5) is 10.1 Å². The molecule has 0 radical (unpaired) electrons. The van der Waals surface area contributed by atoms with Gasteiger partial charge in [-0.3, -0.25) is 0 Å². The van der Waals surface area contributed by atoms with Gasteiger partial charge in [0.05, 0.1) is 18.7 Å². The number of rotatable bonds is 1. The van der Waals surface area contributed by atoms with Crippen molar-refractivity contribution in [2.24, 2.45) is 0 Å². The van der Waals surface area contributed by atoms with E-state index < -0.39 is 11.8 Å². The van der Waals surface area contributed by atoms with Crippen molar-refractivity contribution in [3.8, 4) is 0 Å². The fourth-order valence-electron chi connectivity index (χ4n) is 0.842. The fourth-order valence-corrected chi connectivity index (χ4v) is 0.842. The van der Waals surface area contributed by atoms with Crippen LogP contribution < -0.4 is 0 Å². The molecule has 4 nitrogen and oxygen atoms in total. The average molecular weight is 181 g/mol. The van der Waals surface area contributed by atoms with E-state index in [0.29, 0.717) is 0 Å². The summed E-state index contributed by atoms with van der Waals surface area (Å²) in [5.41, 5.74) is -0.139. The third-order valence-corrected chi connectivity index (χ3v) is 1.47. The Morgan fingerprint density at radius 2 is 2.31 bits per heavy atom. The predicted molar refractivity (Wildman–Crippen MR) is 42.5 cm³/mol. The van der Waals surface area contributed by atoms with Gasteiger partial charge in [0.15, 0.2) is 4.98 Å². The number of esters is 1. The Balaban J connectivity index is 3.14. The van der Waals surface area contributed by atoms with E-state index in [4.69, 9.17) is 5.39 Å². The van der Waals surface area contributed by atoms with Crippen LogP contribution >= 0.6 is 0 Å². The molecule has 66 valence electrons. The van der Waals surface area contributed by atoms with Gasteiger partial charge in [-0.05, 0) is 6.07 Å². The van der Waals surface area contributed by atoms with E-state index in [2.05, 4.69) is 9.71 Å². The number of nitrogens with zero attached hydrogens (tertiary/aromatic N) is 2. The number of diazo groups is 1. The molecule has 0 N–H and O–H groups in total. The van der Waals surface area contributed by atoms with Crippen LogP contribution in [0.5, 0.6) is 0 Å². The SMILES string of the molecule is COC(=O)c1ccc([N+]#N)cc1F. The predicted octanol–water partition coefficient (Wildman–Crippen LogP) is 2.10. The minimum atomic E-state index is -0.776. The van der Waals surface area contributed by atoms with Crippen molar-refractivity contribution in [2.75, 3.05) is 7.11 Å². The molecule has 0 saturated heterocycles. The van der Waals surface area contributed by atoms with Gasteiger partial charge in [-0.25, -0.2) is 9.18 Å². The van der Waals surface area contributed by atoms with Crippen LogP contribution in [0.25, 0.3) is 4.98 Å². The molecule has 0 saturated carbocycles. The zero-order valence-corrected chi connectivity index (χ0v) is 6.82. The van der Waals surface area contributed by atoms with Crippen molar-refractivity contribution < 1.29 is 13.9 Å². The second-order valence-electron chi connectivity index (χ2n) is 2.26. The Morgan fingerprint density at radius 3 is 2.77 bits per heavy atom. The molecule has 0 fully saturated rings. The maximum Gasteiger partial charge on any atom is 0.388 e. The zero-order valence-electron chi connectivity index (χ0n) is 6.82. The first kappa shape index (κ1) is 9.13. The summed E-state index contributed by atoms with van der Waals surface area (Å²) in [6, 6.07) is 3.43. The summed E-state index contributed by atoms with van der Waals surface area (Å²) in [5, 5.41) is 8.29. The lowest BCUT2D eigenvalue weighted by molar-refractivity contribution is 0.0595. The molecule has 0 spiro atoms. The largest absolute Gasteiger partial charge is 0.465 e. The fraction of sp³-hybridized carbons (Fsp3) is 0.125. The quantitative estimate of drug-likeness (QED) is 0.492. The van der Waals surface area contributed by atoms with Crippen LogP contribution in [0.2, 0.25) is 0 Å². The van der Waals surface area contributed by atoms with Crippen LogP contribution in [-0.4, -0.2) is 13.1 Å². The zero-order chi connectivity index (χ0) is 9.84. The minimum absolute atomic E-state index is 0.0464. The van der Waals surface area contributed by atoms with Crippen molar-refractivity contribution >= 4 is 11.7 Å². The number of hydrogen-bond donors (Lipinski definition) is 0. The number of ether oxygens (including phenoxy) is 1. The van der Waals surface area contributed by atoms with Crippen molar-refractivity contribution in [2.45, 2.75) is 0 Å². The number of hydrogen-bond acceptors (Lipinski definition) is 3. The van der Waals surface area contributed by atoms with Gasteiger partial charge in [0, 0.05) is 6.07 Å². The first-order valence-corrected chi connectivity index (χ1v) is 3.42. The Kier molecular flexibility index (Phi) is 2.55. The molecule has 0 heterocycles. The number of benzene rings is 1. The van der Waals surface area contributed by atoms with Crippen molar-refractivity contribution in [3.63, 3.8) is 0 Å². The molecule has 13 heavy (non-hydrogen) atoms. The highest BCUT2D eigenvalue weighted by atomic mass is 19.1. The van der Waals surface area contributed by atoms with E-state index in [9.17, 15) is 9.18 Å². The molecule has 1 rings (SSSR count). The van der Waals surface area contributed by atoms with Crippen molar-refractivity contribution in [1.29, 1.82) is 5.39 Å². The molecule has 0 aliphatic rings. The molecule has 0 aliphatic carbocycles. The maximum atomic E-state index is 13.0. The van der Waals surface area contributed by atoms with Crippen LogP contribution in [0.15, 0.2) is 18.2 Å². The topological polar surface area (TPSA) is 54.5 Å². The third-order valence-electron chi connectivity index (χ3n) is 1.47. The number of halogens is 1. The van der Waals surface area contributed by atoms with Crippen LogP contribution in [-0.2, 0) is 4.74 Å². The first-order chi connectivity index (χ1) is 6.19. The molecule has 0 bridgehead atoms. The molecule has 0 aliphatic heterocycles. The van der Waals surface area contributed by atoms with Crippen LogP contribution in [0.3, 0.4) is 0 Å². The smallest absolute Gasteiger partial charge is 0.388 e. The summed E-state index contributed by atoms with van der Waals surface area (Å²) in [6.45, 7) is 0. The van der Waals surface area contributed by atoms with Gasteiger partial charge in [-0.2, -0.15) is 0 Å². The number of methoxy groups -OCH3 is 1. The van der Waals surface area contributed by atoms with Gasteiger partial charge >= 0.3 is 11.7 Å². The lowest BCUT2D eigenvalue weighted by atomic mass is 10.2. The van der Waals surface area contributed by atoms with Crippen LogP contribution in [0.1, 0.15) is 10.4 Å². The van der Waals surface area contributed by atoms with E-state index in [1.807, 2.05) is 0 Å². The van der Waals surface area contributed by atoms with E-state index in [-0.39, 0.29) is 11.3 Å². The number of carbonyl (C=O) groups is 1.